The molecule has 3 heterocycles. The third-order valence-corrected chi connectivity index (χ3v) is 13.7. The van der Waals surface area contributed by atoms with Crippen LogP contribution < -0.4 is 10.6 Å². The Bertz CT molecular complexity index is 3130. The lowest BCUT2D eigenvalue weighted by atomic mass is 9.76. The number of thiophene rings is 1. The molecule has 0 fully saturated rings. The molecule has 0 saturated carbocycles. The molecular weight excluding hydrogens is 699 g/mol. The largest absolute Gasteiger partial charge is 0.278 e. The maximum absolute atomic E-state index is 5.50. The Hall–Kier alpha value is -5.84. The number of para-hydroxylation sites is 1. The molecule has 3 aromatic heterocycles. The molecule has 0 amide bonds. The first kappa shape index (κ1) is 33.5. The molecule has 0 spiro atoms. The number of hydrogen-bond acceptors (Lipinski definition) is 3. The molecule has 56 heavy (non-hydrogen) atoms. The van der Waals surface area contributed by atoms with Crippen LogP contribution in [0.5, 0.6) is 0 Å². The highest BCUT2D eigenvalue weighted by Crippen LogP contribution is 2.43. The van der Waals surface area contributed by atoms with Gasteiger partial charge in [0.1, 0.15) is 0 Å². The lowest BCUT2D eigenvalue weighted by molar-refractivity contribution is 0.652. The average Bonchev–Trinajstić information content (AvgIpc) is 3.80. The van der Waals surface area contributed by atoms with Crippen molar-refractivity contribution in [3.05, 3.63) is 166 Å². The minimum Gasteiger partial charge on any atom is -0.278 e. The van der Waals surface area contributed by atoms with Gasteiger partial charge in [0.05, 0.1) is 22.1 Å². The van der Waals surface area contributed by atoms with E-state index in [-0.39, 0.29) is 0 Å². The summed E-state index contributed by atoms with van der Waals surface area (Å²) in [5.41, 5.74) is 14.6. The summed E-state index contributed by atoms with van der Waals surface area (Å²) in [6, 6.07) is 31.2. The quantitative estimate of drug-likeness (QED) is 0.176. The van der Waals surface area contributed by atoms with E-state index in [1.54, 1.807) is 0 Å². The van der Waals surface area contributed by atoms with Gasteiger partial charge >= 0.3 is 0 Å². The molecule has 4 aliphatic rings. The van der Waals surface area contributed by atoms with Crippen molar-refractivity contribution in [3.63, 3.8) is 0 Å². The van der Waals surface area contributed by atoms with Crippen molar-refractivity contribution in [2.45, 2.75) is 58.8 Å². The van der Waals surface area contributed by atoms with Crippen LogP contribution in [0.4, 0.5) is 0 Å². The van der Waals surface area contributed by atoms with Crippen LogP contribution >= 0.6 is 11.3 Å². The van der Waals surface area contributed by atoms with Crippen LogP contribution in [0.2, 0.25) is 0 Å². The molecule has 4 heteroatoms. The van der Waals surface area contributed by atoms with E-state index in [4.69, 9.17) is 9.97 Å². The van der Waals surface area contributed by atoms with Crippen LogP contribution in [-0.4, -0.2) is 14.5 Å². The lowest BCUT2D eigenvalue weighted by Gasteiger charge is -2.29. The Morgan fingerprint density at radius 3 is 2.38 bits per heavy atom. The van der Waals surface area contributed by atoms with E-state index in [2.05, 4.69) is 152 Å². The normalized spacial score (nSPS) is 18.4. The first-order valence-corrected chi connectivity index (χ1v) is 21.1. The van der Waals surface area contributed by atoms with E-state index in [0.29, 0.717) is 5.92 Å². The number of allylic oxidation sites excluding steroid dienone is 12. The van der Waals surface area contributed by atoms with Crippen LogP contribution in [0.15, 0.2) is 149 Å². The van der Waals surface area contributed by atoms with Crippen molar-refractivity contribution in [3.8, 4) is 17.1 Å². The second-order valence-electron chi connectivity index (χ2n) is 15.9. The molecule has 7 aromatic rings. The van der Waals surface area contributed by atoms with E-state index in [1.807, 2.05) is 11.3 Å². The van der Waals surface area contributed by atoms with Crippen LogP contribution in [0.3, 0.4) is 0 Å². The molecule has 0 radical (unpaired) electrons. The topological polar surface area (TPSA) is 30.7 Å². The summed E-state index contributed by atoms with van der Waals surface area (Å²) in [4.78, 5) is 10.8. The van der Waals surface area contributed by atoms with Gasteiger partial charge in [0.15, 0.2) is 0 Å². The standard InChI is InChI=1S/C52H43N3S/c1-32-30-44(33(2)29-43(32)34-13-4-3-5-14-34)35-23-25-36(26-24-35)50-42-17-6-9-20-46(42)53-52(54-50)55-47-21-10-7-15-39(47)45-31-37(27-28-48(45)55)38-18-12-19-41-40-16-8-11-22-49(40)56-51(38)41/h3-4,7-8,10-13,15-23,25,27-29,31-32H,5-6,9,14,24,26,30H2,1-2H3. The molecule has 1 atom stereocenters. The van der Waals surface area contributed by atoms with Crippen molar-refractivity contribution in [2.75, 3.05) is 0 Å². The molecule has 0 N–H and O–H groups in total. The van der Waals surface area contributed by atoms with Gasteiger partial charge in [-0.15, -0.1) is 11.3 Å². The number of hydrogen-bond donors (Lipinski definition) is 0. The third-order valence-electron chi connectivity index (χ3n) is 12.5. The van der Waals surface area contributed by atoms with Crippen molar-refractivity contribution < 1.29 is 0 Å². The number of benzene rings is 4. The molecule has 0 saturated heterocycles. The highest BCUT2D eigenvalue weighted by molar-refractivity contribution is 7.26. The second kappa shape index (κ2) is 13.4. The van der Waals surface area contributed by atoms with Gasteiger partial charge in [0.25, 0.3) is 0 Å². The van der Waals surface area contributed by atoms with E-state index in [1.165, 1.54) is 80.7 Å². The zero-order valence-corrected chi connectivity index (χ0v) is 32.8. The summed E-state index contributed by atoms with van der Waals surface area (Å²) in [5.74, 6) is 1.28. The van der Waals surface area contributed by atoms with Crippen LogP contribution in [0.1, 0.15) is 64.5 Å². The summed E-state index contributed by atoms with van der Waals surface area (Å²) in [6.07, 6.45) is 26.2. The van der Waals surface area contributed by atoms with E-state index >= 15 is 0 Å². The van der Waals surface area contributed by atoms with Gasteiger partial charge in [-0.25, -0.2) is 9.97 Å². The maximum Gasteiger partial charge on any atom is 0.235 e. The summed E-state index contributed by atoms with van der Waals surface area (Å²) in [6.45, 7) is 4.72. The molecule has 0 aliphatic heterocycles. The summed E-state index contributed by atoms with van der Waals surface area (Å²) < 4.78 is 4.96. The fraction of sp³-hybridized carbons (Fsp3) is 0.192. The smallest absolute Gasteiger partial charge is 0.235 e. The summed E-state index contributed by atoms with van der Waals surface area (Å²) in [7, 11) is 0. The fourth-order valence-corrected chi connectivity index (χ4v) is 11.0. The van der Waals surface area contributed by atoms with Crippen molar-refractivity contribution in [1.29, 1.82) is 0 Å². The van der Waals surface area contributed by atoms with Crippen LogP contribution in [0.25, 0.3) is 76.8 Å². The van der Waals surface area contributed by atoms with Gasteiger partial charge in [0.2, 0.25) is 5.95 Å². The van der Waals surface area contributed by atoms with Gasteiger partial charge < -0.3 is 0 Å². The highest BCUT2D eigenvalue weighted by Gasteiger charge is 2.25. The summed E-state index contributed by atoms with van der Waals surface area (Å²) >= 11 is 1.89. The molecular formula is C52H43N3S. The van der Waals surface area contributed by atoms with E-state index in [9.17, 15) is 0 Å². The van der Waals surface area contributed by atoms with Crippen molar-refractivity contribution in [2.24, 2.45) is 5.92 Å². The predicted octanol–water partition coefficient (Wildman–Crippen LogP) is 12.6. The van der Waals surface area contributed by atoms with Crippen LogP contribution in [-0.2, 0) is 0 Å². The number of fused-ring (bicyclic) bond motifs is 7. The predicted molar refractivity (Wildman–Crippen MR) is 238 cm³/mol. The Morgan fingerprint density at radius 1 is 0.696 bits per heavy atom. The monoisotopic (exact) mass is 741 g/mol. The van der Waals surface area contributed by atoms with Crippen molar-refractivity contribution >= 4 is 71.0 Å². The van der Waals surface area contributed by atoms with E-state index in [0.717, 1.165) is 73.0 Å². The minimum absolute atomic E-state index is 0.533. The molecule has 3 nitrogen and oxygen atoms in total. The molecule has 0 bridgehead atoms. The number of aromatic nitrogens is 3. The zero-order chi connectivity index (χ0) is 37.3. The number of nitrogens with zero attached hydrogens (tertiary/aromatic N) is 3. The van der Waals surface area contributed by atoms with Gasteiger partial charge in [-0.3, -0.25) is 4.57 Å². The van der Waals surface area contributed by atoms with E-state index < -0.39 is 0 Å². The Balaban J connectivity index is 1.02. The number of rotatable bonds is 5. The fourth-order valence-electron chi connectivity index (χ4n) is 9.72. The third kappa shape index (κ3) is 5.45. The van der Waals surface area contributed by atoms with Crippen LogP contribution in [0, 0.1) is 5.92 Å². The van der Waals surface area contributed by atoms with Gasteiger partial charge in [-0.1, -0.05) is 116 Å². The SMILES string of the molecule is CC1=C(C2=CC=C(c3nc(-n4c5ccccc5c5cc(-c6cccc7c6sc6ccccc67)ccc54)nc4c3=CCCC=4)CC2)CC(C)C(C2=CC=CCC2)=C1. The Kier molecular flexibility index (Phi) is 8.03. The average molecular weight is 742 g/mol. The zero-order valence-electron chi connectivity index (χ0n) is 32.0. The molecule has 1 unspecified atom stereocenters. The first-order chi connectivity index (χ1) is 27.6. The maximum atomic E-state index is 5.50. The molecule has 272 valence electrons. The van der Waals surface area contributed by atoms with Gasteiger partial charge in [-0.05, 0) is 127 Å². The molecule has 4 aromatic carbocycles. The van der Waals surface area contributed by atoms with Gasteiger partial charge in [0, 0.05) is 36.2 Å². The Labute approximate surface area is 331 Å². The highest BCUT2D eigenvalue weighted by atomic mass is 32.1. The first-order valence-electron chi connectivity index (χ1n) is 20.3. The minimum atomic E-state index is 0.533. The molecule has 4 aliphatic carbocycles. The summed E-state index contributed by atoms with van der Waals surface area (Å²) in [5, 5.41) is 7.33. The van der Waals surface area contributed by atoms with Gasteiger partial charge in [-0.2, -0.15) is 0 Å². The van der Waals surface area contributed by atoms with Crippen molar-refractivity contribution in [1.82, 2.24) is 14.5 Å². The lowest BCUT2D eigenvalue weighted by Crippen LogP contribution is -2.36. The molecule has 11 rings (SSSR count). The Morgan fingerprint density at radius 2 is 1.50 bits per heavy atom. The second-order valence-corrected chi connectivity index (χ2v) is 17.0.